The van der Waals surface area contributed by atoms with E-state index in [4.69, 9.17) is 74.7 Å². The van der Waals surface area contributed by atoms with Crippen LogP contribution in [0.25, 0.3) is 22.3 Å². The number of aliphatic hydroxyl groups is 6. The number of aliphatic hydroxyl groups excluding tert-OH is 6. The number of hydrogen-bond acceptors (Lipinski definition) is 25. The molecule has 3 radical (unpaired) electrons. The lowest BCUT2D eigenvalue weighted by Crippen LogP contribution is -2.65. The molecular formula is C78H82BCl3N9O24. The van der Waals surface area contributed by atoms with Gasteiger partial charge in [-0.15, -0.1) is 0 Å². The number of carboxylic acid groups (broad SMARTS) is 1. The summed E-state index contributed by atoms with van der Waals surface area (Å²) in [4.78, 5) is 117. The predicted octanol–water partition coefficient (Wildman–Crippen LogP) is 3.62. The Kier molecular flexibility index (Phi) is 26.3. The van der Waals surface area contributed by atoms with Crippen molar-refractivity contribution in [1.29, 1.82) is 0 Å². The lowest BCUT2D eigenvalue weighted by Gasteiger charge is -2.48. The van der Waals surface area contributed by atoms with Gasteiger partial charge in [0.15, 0.2) is 29.9 Å². The minimum Gasteiger partial charge on any atom is -0.508 e. The molecule has 7 aliphatic heterocycles. The highest BCUT2D eigenvalue weighted by Gasteiger charge is 2.52. The summed E-state index contributed by atoms with van der Waals surface area (Å²) in [5.74, 6) is -16.4. The third-order valence-corrected chi connectivity index (χ3v) is 21.1. The summed E-state index contributed by atoms with van der Waals surface area (Å²) in [6.07, 6.45) is -18.9. The lowest BCUT2D eigenvalue weighted by atomic mass is 9.84. The van der Waals surface area contributed by atoms with Gasteiger partial charge in [0.2, 0.25) is 53.4 Å². The largest absolute Gasteiger partial charge is 0.508 e. The van der Waals surface area contributed by atoms with E-state index in [0.717, 1.165) is 83.4 Å². The van der Waals surface area contributed by atoms with Crippen LogP contribution < -0.4 is 62.9 Å². The molecule has 7 aromatic rings. The zero-order valence-corrected chi connectivity index (χ0v) is 63.9. The SMILES string of the molecule is CC(C)C[C@H](N)C(=O)N[C@H]1C(=O)N[C@@H](CC(N)=O)C(=O)N[C@H]2C(=O)NC3C(=O)N[C@H](C(=O)N[C@H](C(=O)O)c4cc(O)cc(O)c4-c4cc3ccc4O)[C@H](O)c3ccc(c(Cl)c3)Oc3cc2cc(c3OC2O[C@H](CO)[C@@H](O)[C@H](O)[C@H]2O[C@H]2C[C@](C)(NCc3ccc(-c4ccc(Cl)cc4)cc3)[C@H](O)[C@H](C)O2)Oc2ccc(cc2Cl)[C@H]1O.[B]. The normalized spacial score (nSPS) is 27.1. The number of fused-ring (bicyclic) bond motifs is 15. The van der Waals surface area contributed by atoms with Crippen molar-refractivity contribution in [2.75, 3.05) is 6.61 Å². The van der Waals surface area contributed by atoms with E-state index in [0.29, 0.717) is 5.02 Å². The number of primary amides is 1. The maximum atomic E-state index is 16.2. The zero-order valence-electron chi connectivity index (χ0n) is 61.6. The van der Waals surface area contributed by atoms with Crippen LogP contribution in [0.1, 0.15) is 111 Å². The lowest BCUT2D eigenvalue weighted by molar-refractivity contribution is -0.334. The fraction of sp³-hybridized carbons (Fsp3) is 0.359. The van der Waals surface area contributed by atoms with Crippen LogP contribution >= 0.6 is 34.8 Å². The van der Waals surface area contributed by atoms with Crippen LogP contribution in [-0.2, 0) is 59.1 Å². The number of ether oxygens (including phenoxy) is 6. The van der Waals surface area contributed by atoms with Crippen LogP contribution in [0.3, 0.4) is 0 Å². The number of aliphatic carboxylic acids is 1. The summed E-state index contributed by atoms with van der Waals surface area (Å²) in [7, 11) is 0. The van der Waals surface area contributed by atoms with Crippen molar-refractivity contribution >= 4 is 90.5 Å². The quantitative estimate of drug-likeness (QED) is 0.0614. The Morgan fingerprint density at radius 3 is 1.85 bits per heavy atom. The number of carbonyl (C=O) groups is 8. The highest BCUT2D eigenvalue weighted by molar-refractivity contribution is 6.32. The van der Waals surface area contributed by atoms with E-state index in [1.54, 1.807) is 39.8 Å². The number of phenolic OH excluding ortho intramolecular Hbond substituents is 3. The molecule has 18 atom stereocenters. The van der Waals surface area contributed by atoms with Crippen LogP contribution in [0.2, 0.25) is 15.1 Å². The molecule has 33 nitrogen and oxygen atoms in total. The second kappa shape index (κ2) is 35.4. The number of nitrogens with two attached hydrogens (primary N) is 2. The number of rotatable bonds is 16. The smallest absolute Gasteiger partial charge is 0.330 e. The molecule has 0 spiro atoms. The molecule has 14 rings (SSSR count). The molecule has 7 amide bonds. The maximum Gasteiger partial charge on any atom is 0.330 e. The van der Waals surface area contributed by atoms with Gasteiger partial charge >= 0.3 is 5.97 Å². The maximum absolute atomic E-state index is 16.2. The summed E-state index contributed by atoms with van der Waals surface area (Å²) in [6, 6.07) is 13.8. The Bertz CT molecular complexity index is 4880. The second-order valence-corrected chi connectivity index (χ2v) is 30.2. The van der Waals surface area contributed by atoms with Crippen molar-refractivity contribution < 1.29 is 118 Å². The first-order valence-electron chi connectivity index (χ1n) is 35.9. The molecule has 115 heavy (non-hydrogen) atoms. The summed E-state index contributed by atoms with van der Waals surface area (Å²) < 4.78 is 39.4. The minimum atomic E-state index is -2.37. The molecule has 21 N–H and O–H groups in total. The molecule has 0 aliphatic carbocycles. The molecule has 0 saturated carbocycles. The Hall–Kier alpha value is -10.4. The van der Waals surface area contributed by atoms with Gasteiger partial charge in [-0.05, 0) is 132 Å². The van der Waals surface area contributed by atoms with Crippen LogP contribution in [0.4, 0.5) is 0 Å². The van der Waals surface area contributed by atoms with Gasteiger partial charge in [0.25, 0.3) is 0 Å². The van der Waals surface area contributed by atoms with Crippen molar-refractivity contribution in [1.82, 2.24) is 37.2 Å². The van der Waals surface area contributed by atoms with Crippen molar-refractivity contribution in [2.45, 2.75) is 163 Å². The van der Waals surface area contributed by atoms with Crippen LogP contribution in [0.5, 0.6) is 46.0 Å². The summed E-state index contributed by atoms with van der Waals surface area (Å²) >= 11 is 20.4. The number of amides is 7. The molecule has 2 unspecified atom stereocenters. The van der Waals surface area contributed by atoms with Gasteiger partial charge in [0.05, 0.1) is 41.3 Å². The topological polar surface area (TPSA) is 530 Å². The van der Waals surface area contributed by atoms with Crippen molar-refractivity contribution in [2.24, 2.45) is 17.4 Å². The molecule has 2 fully saturated rings. The van der Waals surface area contributed by atoms with Gasteiger partial charge in [0.1, 0.15) is 89.5 Å². The first kappa shape index (κ1) is 85.5. The highest BCUT2D eigenvalue weighted by Crippen LogP contribution is 2.50. The van der Waals surface area contributed by atoms with Crippen LogP contribution in [0, 0.1) is 5.92 Å². The standard InChI is InChI=1S/C78H82Cl3N9O24.B/c1-31(2)19-46(82)70(101)89-61-63(96)37-12-17-50(44(80)21-37)110-52-23-39-24-53(67(52)114-77-68(66(99)65(98)54(30-91)112-77)113-56-28-78(4,69(100)32(3)109-56)84-29-33-5-7-34(8-6-33)35-9-14-40(79)15-10-35)111-51-18-13-38(22-45(51)81)64(97)62-75(106)88-60(76(107)108)43-25-41(92)26-49(94)57(43)42-20-36(11-16-48(42)93)58(72(103)90-62)87-73(104)59(39)86-71(102)47(27-55(83)95)85-74(61)105;/h5-18,20-26,31-32,46-47,54,56,58-66,68-69,77,84,91-94,96-100H,19,27-30,82H2,1-4H3,(H2,83,95)(H,85,105)(H,86,102)(H,87,104)(H,88,106)(H,89,101)(H,90,103)(H,107,108);/t32-,46-,47-,54+,56-,58?,59+,60-,61+,62-,63+,64+,65+,66-,68+,69+,77?,78-;/m0./s1. The molecule has 7 heterocycles. The Labute approximate surface area is 673 Å². The van der Waals surface area contributed by atoms with Gasteiger partial charge in [-0.1, -0.05) is 103 Å². The van der Waals surface area contributed by atoms with Gasteiger partial charge < -0.3 is 128 Å². The average molecular weight is 1650 g/mol. The number of phenols is 3. The number of halogens is 3. The average Bonchev–Trinajstić information content (AvgIpc) is 0.770. The summed E-state index contributed by atoms with van der Waals surface area (Å²) in [5, 5.41) is 134. The third-order valence-electron chi connectivity index (χ3n) is 20.3. The van der Waals surface area contributed by atoms with E-state index >= 15 is 14.4 Å². The number of nitrogens with one attached hydrogen (secondary N) is 7. The minimum absolute atomic E-state index is 0. The van der Waals surface area contributed by atoms with E-state index in [2.05, 4.69) is 37.2 Å². The molecule has 2 saturated heterocycles. The third kappa shape index (κ3) is 18.6. The predicted molar refractivity (Wildman–Crippen MR) is 410 cm³/mol. The molecule has 607 valence electrons. The van der Waals surface area contributed by atoms with E-state index in [1.807, 2.05) is 36.4 Å². The number of aromatic hydroxyl groups is 3. The first-order chi connectivity index (χ1) is 54.1. The highest BCUT2D eigenvalue weighted by atomic mass is 35.5. The Morgan fingerprint density at radius 1 is 0.661 bits per heavy atom. The van der Waals surface area contributed by atoms with Crippen LogP contribution in [-0.4, -0.2) is 192 Å². The zero-order chi connectivity index (χ0) is 82.2. The van der Waals surface area contributed by atoms with E-state index in [9.17, 15) is 75.0 Å². The number of carbonyl (C=O) groups excluding carboxylic acids is 7. The number of benzene rings is 7. The molecular weight excluding hydrogens is 1560 g/mol. The Morgan fingerprint density at radius 2 is 1.25 bits per heavy atom. The first-order valence-corrected chi connectivity index (χ1v) is 37.0. The fourth-order valence-corrected chi connectivity index (χ4v) is 14.8. The van der Waals surface area contributed by atoms with Gasteiger partial charge in [-0.2, -0.15) is 0 Å². The monoisotopic (exact) mass is 1640 g/mol. The molecule has 0 aromatic heterocycles. The van der Waals surface area contributed by atoms with Crippen LogP contribution in [0.15, 0.2) is 127 Å². The van der Waals surface area contributed by atoms with Crippen molar-refractivity contribution in [3.63, 3.8) is 0 Å². The van der Waals surface area contributed by atoms with E-state index < -0.39 is 237 Å². The number of carboxylic acids is 1. The van der Waals surface area contributed by atoms with Crippen molar-refractivity contribution in [3.8, 4) is 68.2 Å². The van der Waals surface area contributed by atoms with Gasteiger partial charge in [-0.3, -0.25) is 33.6 Å². The Balaban J connectivity index is 0.0000130. The summed E-state index contributed by atoms with van der Waals surface area (Å²) in [5.41, 5.74) is 10.5. The van der Waals surface area contributed by atoms with Gasteiger partial charge in [0, 0.05) is 54.7 Å². The van der Waals surface area contributed by atoms with Gasteiger partial charge in [-0.25, -0.2) is 4.79 Å². The number of hydrogen-bond donors (Lipinski definition) is 19. The molecule has 7 aromatic carbocycles. The van der Waals surface area contributed by atoms with E-state index in [-0.39, 0.29) is 61.2 Å². The molecule has 37 heteroatoms. The van der Waals surface area contributed by atoms with Crippen molar-refractivity contribution in [3.05, 3.63) is 176 Å². The molecule has 7 aliphatic rings. The molecule has 11 bridgehead atoms. The summed E-state index contributed by atoms with van der Waals surface area (Å²) in [6.45, 7) is 6.02. The van der Waals surface area contributed by atoms with E-state index in [1.165, 1.54) is 12.1 Å². The second-order valence-electron chi connectivity index (χ2n) is 28.9. The fourth-order valence-electron chi connectivity index (χ4n) is 14.2.